The predicted molar refractivity (Wildman–Crippen MR) is 87.7 cm³/mol. The molecule has 0 bridgehead atoms. The lowest BCUT2D eigenvalue weighted by Crippen LogP contribution is -3.00. The summed E-state index contributed by atoms with van der Waals surface area (Å²) in [5.41, 5.74) is 2.39. The van der Waals surface area contributed by atoms with Crippen LogP contribution in [0.3, 0.4) is 0 Å². The van der Waals surface area contributed by atoms with Crippen molar-refractivity contribution in [2.45, 2.75) is 5.75 Å². The predicted octanol–water partition coefficient (Wildman–Crippen LogP) is 0.283. The molecule has 21 heavy (non-hydrogen) atoms. The fourth-order valence-electron chi connectivity index (χ4n) is 2.18. The van der Waals surface area contributed by atoms with Gasteiger partial charge in [-0.05, 0) is 28.5 Å². The smallest absolute Gasteiger partial charge is 0.239 e. The number of nitrogens with two attached hydrogens (primary N) is 1. The maximum Gasteiger partial charge on any atom is 0.239 e. The van der Waals surface area contributed by atoms with Gasteiger partial charge in [-0.25, -0.2) is 5.41 Å². The molecule has 0 heterocycles. The molecule has 0 aromatic heterocycles. The fraction of sp³-hybridized carbons (Fsp3) is 0.0556. The van der Waals surface area contributed by atoms with Crippen LogP contribution < -0.4 is 22.4 Å². The van der Waals surface area contributed by atoms with Crippen LogP contribution in [0.5, 0.6) is 0 Å². The molecule has 0 aliphatic rings. The molecular formula is C18H16BrNS. The van der Waals surface area contributed by atoms with Gasteiger partial charge in [0, 0.05) is 5.75 Å². The van der Waals surface area contributed by atoms with Gasteiger partial charge in [0.05, 0.1) is 5.56 Å². The van der Waals surface area contributed by atoms with Gasteiger partial charge in [0.1, 0.15) is 0 Å². The van der Waals surface area contributed by atoms with Crippen LogP contribution in [0.15, 0.2) is 72.8 Å². The summed E-state index contributed by atoms with van der Waals surface area (Å²) in [6.07, 6.45) is 0. The summed E-state index contributed by atoms with van der Waals surface area (Å²) in [5.74, 6) is 0.894. The first-order valence-corrected chi connectivity index (χ1v) is 7.60. The third-order valence-corrected chi connectivity index (χ3v) is 4.29. The quantitative estimate of drug-likeness (QED) is 0.528. The Bertz CT molecular complexity index is 740. The second-order valence-corrected chi connectivity index (χ2v) is 5.72. The van der Waals surface area contributed by atoms with Gasteiger partial charge in [-0.15, -0.1) is 0 Å². The molecule has 0 aliphatic heterocycles. The molecule has 1 nitrogen and oxygen atoms in total. The fourth-order valence-corrected chi connectivity index (χ4v) is 2.98. The summed E-state index contributed by atoms with van der Waals surface area (Å²) < 4.78 is 0. The van der Waals surface area contributed by atoms with E-state index < -0.39 is 0 Å². The van der Waals surface area contributed by atoms with Gasteiger partial charge in [0.25, 0.3) is 0 Å². The van der Waals surface area contributed by atoms with Crippen molar-refractivity contribution in [1.82, 2.24) is 0 Å². The summed E-state index contributed by atoms with van der Waals surface area (Å²) >= 11 is 1.69. The van der Waals surface area contributed by atoms with Crippen molar-refractivity contribution < 1.29 is 22.4 Å². The monoisotopic (exact) mass is 357 g/mol. The van der Waals surface area contributed by atoms with Gasteiger partial charge in [0.2, 0.25) is 5.04 Å². The minimum atomic E-state index is 0. The zero-order valence-corrected chi connectivity index (χ0v) is 13.9. The van der Waals surface area contributed by atoms with Crippen LogP contribution >= 0.6 is 11.8 Å². The lowest BCUT2D eigenvalue weighted by atomic mass is 10.1. The Kier molecular flexibility index (Phi) is 5.59. The first-order valence-electron chi connectivity index (χ1n) is 6.61. The van der Waals surface area contributed by atoms with Crippen LogP contribution in [0.1, 0.15) is 11.1 Å². The molecule has 0 saturated carbocycles. The summed E-state index contributed by atoms with van der Waals surface area (Å²) in [7, 11) is 0. The third-order valence-electron chi connectivity index (χ3n) is 3.27. The van der Waals surface area contributed by atoms with Crippen LogP contribution in [0, 0.1) is 0 Å². The molecule has 0 fully saturated rings. The molecule has 3 rings (SSSR count). The number of fused-ring (bicyclic) bond motifs is 1. The molecule has 106 valence electrons. The van der Waals surface area contributed by atoms with Gasteiger partial charge >= 0.3 is 0 Å². The molecule has 2 N–H and O–H groups in total. The van der Waals surface area contributed by atoms with E-state index in [9.17, 15) is 0 Å². The Balaban J connectivity index is 0.00000161. The number of rotatable bonds is 3. The molecule has 0 aliphatic carbocycles. The normalized spacial score (nSPS) is 10.1. The lowest BCUT2D eigenvalue weighted by Gasteiger charge is -2.03. The largest absolute Gasteiger partial charge is 1.00 e. The van der Waals surface area contributed by atoms with Crippen molar-refractivity contribution in [2.24, 2.45) is 0 Å². The summed E-state index contributed by atoms with van der Waals surface area (Å²) in [6.45, 7) is 0. The maximum absolute atomic E-state index is 6.14. The van der Waals surface area contributed by atoms with E-state index in [1.165, 1.54) is 16.3 Å². The SMILES string of the molecule is [Br-].[NH2+]=C(SCc1ccc2ccccc2c1)c1ccccc1. The average Bonchev–Trinajstić information content (AvgIpc) is 2.53. The minimum Gasteiger partial charge on any atom is -1.00 e. The van der Waals surface area contributed by atoms with Crippen molar-refractivity contribution in [3.8, 4) is 0 Å². The van der Waals surface area contributed by atoms with E-state index >= 15 is 0 Å². The van der Waals surface area contributed by atoms with Gasteiger partial charge in [-0.3, -0.25) is 0 Å². The van der Waals surface area contributed by atoms with E-state index in [1.807, 2.05) is 30.3 Å². The minimum absolute atomic E-state index is 0. The Morgan fingerprint density at radius 2 is 1.48 bits per heavy atom. The molecule has 0 amide bonds. The number of hydrogen-bond acceptors (Lipinski definition) is 1. The zero-order chi connectivity index (χ0) is 13.8. The van der Waals surface area contributed by atoms with Crippen molar-refractivity contribution in [3.05, 3.63) is 83.9 Å². The van der Waals surface area contributed by atoms with Crippen LogP contribution in [0.2, 0.25) is 0 Å². The van der Waals surface area contributed by atoms with E-state index in [0.717, 1.165) is 16.4 Å². The summed E-state index contributed by atoms with van der Waals surface area (Å²) in [6, 6.07) is 25.1. The first-order chi connectivity index (χ1) is 9.83. The molecule has 0 radical (unpaired) electrons. The number of hydrogen-bond donors (Lipinski definition) is 1. The van der Waals surface area contributed by atoms with E-state index in [1.54, 1.807) is 11.8 Å². The molecule has 0 saturated heterocycles. The second kappa shape index (κ2) is 7.43. The van der Waals surface area contributed by atoms with Crippen molar-refractivity contribution in [1.29, 1.82) is 0 Å². The van der Waals surface area contributed by atoms with Gasteiger partial charge in [0.15, 0.2) is 0 Å². The Morgan fingerprint density at radius 1 is 0.810 bits per heavy atom. The highest BCUT2D eigenvalue weighted by Crippen LogP contribution is 2.20. The molecule has 0 spiro atoms. The highest BCUT2D eigenvalue weighted by molar-refractivity contribution is 8.13. The summed E-state index contributed by atoms with van der Waals surface area (Å²) in [5, 5.41) is 9.57. The van der Waals surface area contributed by atoms with Crippen LogP contribution in [0.25, 0.3) is 10.8 Å². The molecule has 0 unspecified atom stereocenters. The Hall–Kier alpha value is -1.58. The first kappa shape index (κ1) is 15.8. The van der Waals surface area contributed by atoms with E-state index in [4.69, 9.17) is 5.41 Å². The van der Waals surface area contributed by atoms with Gasteiger partial charge < -0.3 is 17.0 Å². The van der Waals surface area contributed by atoms with Crippen molar-refractivity contribution in [3.63, 3.8) is 0 Å². The Morgan fingerprint density at radius 3 is 2.24 bits per heavy atom. The van der Waals surface area contributed by atoms with Gasteiger partial charge in [-0.1, -0.05) is 72.4 Å². The Labute approximate surface area is 139 Å². The number of thioether (sulfide) groups is 1. The molecular weight excluding hydrogens is 342 g/mol. The van der Waals surface area contributed by atoms with E-state index in [2.05, 4.69) is 42.5 Å². The lowest BCUT2D eigenvalue weighted by molar-refractivity contribution is -0.107. The van der Waals surface area contributed by atoms with Crippen LogP contribution in [-0.2, 0) is 5.75 Å². The van der Waals surface area contributed by atoms with Crippen LogP contribution in [-0.4, -0.2) is 5.04 Å². The standard InChI is InChI=1S/C18H15NS.BrH/c19-18(16-7-2-1-3-8-16)20-13-14-10-11-15-6-4-5-9-17(15)12-14;/h1-12,19H,13H2;1H. The molecule has 0 atom stereocenters. The average molecular weight is 358 g/mol. The van der Waals surface area contributed by atoms with Crippen molar-refractivity contribution >= 4 is 27.6 Å². The highest BCUT2D eigenvalue weighted by atomic mass is 79.9. The third kappa shape index (κ3) is 3.96. The van der Waals surface area contributed by atoms with E-state index in [-0.39, 0.29) is 17.0 Å². The number of benzene rings is 3. The van der Waals surface area contributed by atoms with E-state index in [0.29, 0.717) is 0 Å². The molecule has 3 aromatic rings. The molecule has 3 aromatic carbocycles. The van der Waals surface area contributed by atoms with Gasteiger partial charge in [-0.2, -0.15) is 0 Å². The highest BCUT2D eigenvalue weighted by Gasteiger charge is 2.07. The number of halogens is 1. The zero-order valence-electron chi connectivity index (χ0n) is 11.5. The summed E-state index contributed by atoms with van der Waals surface area (Å²) in [4.78, 5) is 0. The second-order valence-electron chi connectivity index (χ2n) is 4.70. The van der Waals surface area contributed by atoms with Crippen LogP contribution in [0.4, 0.5) is 0 Å². The molecule has 3 heteroatoms. The van der Waals surface area contributed by atoms with Crippen molar-refractivity contribution in [2.75, 3.05) is 0 Å². The topological polar surface area (TPSA) is 25.6 Å². The maximum atomic E-state index is 6.14.